The van der Waals surface area contributed by atoms with Gasteiger partial charge in [0.1, 0.15) is 11.5 Å². The number of hydrogen-bond donors (Lipinski definition) is 2. The zero-order chi connectivity index (χ0) is 13.7. The van der Waals surface area contributed by atoms with Crippen LogP contribution in [0.2, 0.25) is 0 Å². The lowest BCUT2D eigenvalue weighted by Crippen LogP contribution is -2.14. The first-order valence-corrected chi connectivity index (χ1v) is 6.13. The van der Waals surface area contributed by atoms with Gasteiger partial charge in [-0.3, -0.25) is 9.78 Å². The molecule has 0 unspecified atom stereocenters. The SMILES string of the molecule is CCc1ccc(NC(=O)c2cncc(NC)n2)cc1. The number of aromatic nitrogens is 2. The van der Waals surface area contributed by atoms with Gasteiger partial charge in [-0.1, -0.05) is 19.1 Å². The number of nitrogens with zero attached hydrogens (tertiary/aromatic N) is 2. The molecule has 98 valence electrons. The fraction of sp³-hybridized carbons (Fsp3) is 0.214. The first-order chi connectivity index (χ1) is 9.22. The molecule has 0 radical (unpaired) electrons. The van der Waals surface area contributed by atoms with Gasteiger partial charge >= 0.3 is 0 Å². The maximum atomic E-state index is 12.0. The third-order valence-electron chi connectivity index (χ3n) is 2.74. The zero-order valence-electron chi connectivity index (χ0n) is 11.0. The van der Waals surface area contributed by atoms with E-state index in [9.17, 15) is 4.79 Å². The third kappa shape index (κ3) is 3.28. The number of hydrogen-bond acceptors (Lipinski definition) is 4. The summed E-state index contributed by atoms with van der Waals surface area (Å²) in [5, 5.41) is 5.64. The molecule has 19 heavy (non-hydrogen) atoms. The van der Waals surface area contributed by atoms with Gasteiger partial charge in [-0.05, 0) is 24.1 Å². The van der Waals surface area contributed by atoms with E-state index in [1.807, 2.05) is 24.3 Å². The summed E-state index contributed by atoms with van der Waals surface area (Å²) in [7, 11) is 1.73. The van der Waals surface area contributed by atoms with Crippen molar-refractivity contribution in [2.24, 2.45) is 0 Å². The molecule has 0 saturated heterocycles. The number of anilines is 2. The van der Waals surface area contributed by atoms with Crippen LogP contribution in [0.15, 0.2) is 36.7 Å². The summed E-state index contributed by atoms with van der Waals surface area (Å²) in [6.07, 6.45) is 3.98. The van der Waals surface area contributed by atoms with E-state index in [0.717, 1.165) is 12.1 Å². The molecule has 5 heteroatoms. The Bertz CT molecular complexity index is 566. The summed E-state index contributed by atoms with van der Waals surface area (Å²) in [6, 6.07) is 7.74. The van der Waals surface area contributed by atoms with Crippen molar-refractivity contribution in [1.29, 1.82) is 0 Å². The highest BCUT2D eigenvalue weighted by molar-refractivity contribution is 6.02. The highest BCUT2D eigenvalue weighted by atomic mass is 16.1. The molecule has 2 rings (SSSR count). The fourth-order valence-electron chi connectivity index (χ4n) is 1.61. The molecule has 1 heterocycles. The molecule has 0 aliphatic carbocycles. The fourth-order valence-corrected chi connectivity index (χ4v) is 1.61. The van der Waals surface area contributed by atoms with Crippen LogP contribution in [0.4, 0.5) is 11.5 Å². The molecule has 0 aliphatic rings. The van der Waals surface area contributed by atoms with Crippen LogP contribution in [0.25, 0.3) is 0 Å². The molecule has 0 spiro atoms. The van der Waals surface area contributed by atoms with Gasteiger partial charge < -0.3 is 10.6 Å². The lowest BCUT2D eigenvalue weighted by atomic mass is 10.1. The van der Waals surface area contributed by atoms with Crippen molar-refractivity contribution in [2.75, 3.05) is 17.7 Å². The molecule has 0 atom stereocenters. The van der Waals surface area contributed by atoms with Crippen LogP contribution in [-0.2, 0) is 6.42 Å². The highest BCUT2D eigenvalue weighted by Crippen LogP contribution is 2.11. The molecule has 2 N–H and O–H groups in total. The minimum atomic E-state index is -0.270. The second kappa shape index (κ2) is 5.95. The molecule has 0 bridgehead atoms. The Morgan fingerprint density at radius 3 is 2.58 bits per heavy atom. The van der Waals surface area contributed by atoms with Crippen LogP contribution >= 0.6 is 0 Å². The number of aryl methyl sites for hydroxylation is 1. The first kappa shape index (κ1) is 13.0. The maximum absolute atomic E-state index is 12.0. The van der Waals surface area contributed by atoms with Crippen molar-refractivity contribution in [3.8, 4) is 0 Å². The van der Waals surface area contributed by atoms with Crippen molar-refractivity contribution in [3.05, 3.63) is 47.9 Å². The summed E-state index contributed by atoms with van der Waals surface area (Å²) < 4.78 is 0. The molecule has 5 nitrogen and oxygen atoms in total. The predicted molar refractivity (Wildman–Crippen MR) is 75.4 cm³/mol. The number of carbonyl (C=O) groups is 1. The first-order valence-electron chi connectivity index (χ1n) is 6.13. The summed E-state index contributed by atoms with van der Waals surface area (Å²) >= 11 is 0. The molecule has 0 aliphatic heterocycles. The lowest BCUT2D eigenvalue weighted by Gasteiger charge is -2.06. The topological polar surface area (TPSA) is 66.9 Å². The average molecular weight is 256 g/mol. The van der Waals surface area contributed by atoms with Crippen LogP contribution < -0.4 is 10.6 Å². The van der Waals surface area contributed by atoms with Crippen LogP contribution in [0.3, 0.4) is 0 Å². The summed E-state index contributed by atoms with van der Waals surface area (Å²) in [6.45, 7) is 2.09. The maximum Gasteiger partial charge on any atom is 0.275 e. The van der Waals surface area contributed by atoms with E-state index >= 15 is 0 Å². The molecule has 1 amide bonds. The Labute approximate surface area is 112 Å². The molecule has 0 saturated carbocycles. The standard InChI is InChI=1S/C14H16N4O/c1-3-10-4-6-11(7-5-10)17-14(19)12-8-16-9-13(15-2)18-12/h4-9H,3H2,1-2H3,(H,15,18)(H,17,19). The lowest BCUT2D eigenvalue weighted by molar-refractivity contribution is 0.102. The van der Waals surface area contributed by atoms with E-state index in [4.69, 9.17) is 0 Å². The smallest absolute Gasteiger partial charge is 0.275 e. The predicted octanol–water partition coefficient (Wildman–Crippen LogP) is 2.33. The van der Waals surface area contributed by atoms with Gasteiger partial charge in [-0.2, -0.15) is 0 Å². The second-order valence-corrected chi connectivity index (χ2v) is 4.04. The summed E-state index contributed by atoms with van der Waals surface area (Å²) in [5.41, 5.74) is 2.26. The molecule has 0 fully saturated rings. The van der Waals surface area contributed by atoms with E-state index in [1.165, 1.54) is 11.8 Å². The summed E-state index contributed by atoms with van der Waals surface area (Å²) in [5.74, 6) is 0.294. The van der Waals surface area contributed by atoms with Crippen LogP contribution in [0.1, 0.15) is 23.0 Å². The number of rotatable bonds is 4. The van der Waals surface area contributed by atoms with Crippen molar-refractivity contribution >= 4 is 17.4 Å². The Morgan fingerprint density at radius 2 is 1.95 bits per heavy atom. The highest BCUT2D eigenvalue weighted by Gasteiger charge is 2.08. The Balaban J connectivity index is 2.11. The molecule has 2 aromatic rings. The van der Waals surface area contributed by atoms with Crippen molar-refractivity contribution < 1.29 is 4.79 Å². The van der Waals surface area contributed by atoms with Crippen molar-refractivity contribution in [1.82, 2.24) is 9.97 Å². The van der Waals surface area contributed by atoms with Gasteiger partial charge in [0.05, 0.1) is 12.4 Å². The van der Waals surface area contributed by atoms with Crippen molar-refractivity contribution in [2.45, 2.75) is 13.3 Å². The van der Waals surface area contributed by atoms with Gasteiger partial charge in [-0.15, -0.1) is 0 Å². The minimum absolute atomic E-state index is 0.270. The van der Waals surface area contributed by atoms with Gasteiger partial charge in [0, 0.05) is 12.7 Å². The van der Waals surface area contributed by atoms with E-state index in [0.29, 0.717) is 5.82 Å². The zero-order valence-corrected chi connectivity index (χ0v) is 11.0. The minimum Gasteiger partial charge on any atom is -0.372 e. The quantitative estimate of drug-likeness (QED) is 0.881. The van der Waals surface area contributed by atoms with Gasteiger partial charge in [0.15, 0.2) is 0 Å². The average Bonchev–Trinajstić information content (AvgIpc) is 2.48. The van der Waals surface area contributed by atoms with E-state index in [1.54, 1.807) is 13.2 Å². The number of nitrogens with one attached hydrogen (secondary N) is 2. The van der Waals surface area contributed by atoms with Crippen molar-refractivity contribution in [3.63, 3.8) is 0 Å². The van der Waals surface area contributed by atoms with Gasteiger partial charge in [-0.25, -0.2) is 4.98 Å². The molecular weight excluding hydrogens is 240 g/mol. The van der Waals surface area contributed by atoms with Crippen LogP contribution in [0.5, 0.6) is 0 Å². The third-order valence-corrected chi connectivity index (χ3v) is 2.74. The number of benzene rings is 1. The molecular formula is C14H16N4O. The Hall–Kier alpha value is -2.43. The van der Waals surface area contributed by atoms with Crippen LogP contribution in [-0.4, -0.2) is 22.9 Å². The van der Waals surface area contributed by atoms with E-state index < -0.39 is 0 Å². The van der Waals surface area contributed by atoms with E-state index in [-0.39, 0.29) is 11.6 Å². The van der Waals surface area contributed by atoms with E-state index in [2.05, 4.69) is 27.5 Å². The monoisotopic (exact) mass is 256 g/mol. The van der Waals surface area contributed by atoms with Crippen LogP contribution in [0, 0.1) is 0 Å². The number of carbonyl (C=O) groups excluding carboxylic acids is 1. The Kier molecular flexibility index (Phi) is 4.07. The normalized spacial score (nSPS) is 10.0. The summed E-state index contributed by atoms with van der Waals surface area (Å²) in [4.78, 5) is 20.1. The largest absolute Gasteiger partial charge is 0.372 e. The number of amides is 1. The second-order valence-electron chi connectivity index (χ2n) is 4.04. The molecule has 1 aromatic carbocycles. The van der Waals surface area contributed by atoms with Gasteiger partial charge in [0.2, 0.25) is 0 Å². The van der Waals surface area contributed by atoms with Gasteiger partial charge in [0.25, 0.3) is 5.91 Å². The molecule has 1 aromatic heterocycles. The Morgan fingerprint density at radius 1 is 1.21 bits per heavy atom.